The molecule has 0 aromatic heterocycles. The van der Waals surface area contributed by atoms with Gasteiger partial charge in [0.2, 0.25) is 0 Å². The smallest absolute Gasteiger partial charge is 0.337 e. The van der Waals surface area contributed by atoms with Crippen LogP contribution in [0, 0.1) is 0 Å². The fourth-order valence-corrected chi connectivity index (χ4v) is 6.09. The molecule has 2 aromatic carbocycles. The number of methoxy groups -OCH3 is 2. The Kier molecular flexibility index (Phi) is 7.45. The molecule has 0 spiro atoms. The fraction of sp³-hybridized carbons (Fsp3) is 0.419. The Morgan fingerprint density at radius 3 is 2.42 bits per heavy atom. The van der Waals surface area contributed by atoms with Crippen LogP contribution in [-0.4, -0.2) is 37.2 Å². The molecule has 2 aromatic rings. The summed E-state index contributed by atoms with van der Waals surface area (Å²) in [6, 6.07) is 12.6. The van der Waals surface area contributed by atoms with Gasteiger partial charge < -0.3 is 24.6 Å². The molecule has 3 aliphatic rings. The summed E-state index contributed by atoms with van der Waals surface area (Å²) in [7, 11) is 3.19. The number of Topliss-reactive ketones (excluding diaryl/α,β-unsaturated/α-hetero) is 1. The van der Waals surface area contributed by atoms with Gasteiger partial charge in [-0.1, -0.05) is 24.6 Å². The zero-order valence-corrected chi connectivity index (χ0v) is 22.2. The van der Waals surface area contributed by atoms with Crippen molar-refractivity contribution in [3.8, 4) is 17.2 Å². The third kappa shape index (κ3) is 5.02. The number of phenolic OH excluding ortho intramolecular Hbond substituents is 1. The van der Waals surface area contributed by atoms with Crippen LogP contribution in [0.5, 0.6) is 17.2 Å². The van der Waals surface area contributed by atoms with Crippen LogP contribution in [0.1, 0.15) is 74.8 Å². The van der Waals surface area contributed by atoms with Gasteiger partial charge in [0.15, 0.2) is 17.3 Å². The summed E-state index contributed by atoms with van der Waals surface area (Å²) in [5.74, 6) is 0.273. The Hall–Kier alpha value is -3.74. The van der Waals surface area contributed by atoms with Crippen LogP contribution in [0.2, 0.25) is 0 Å². The number of esters is 1. The number of phenols is 1. The number of nitrogens with one attached hydrogen (secondary N) is 1. The summed E-state index contributed by atoms with van der Waals surface area (Å²) < 4.78 is 16.8. The lowest BCUT2D eigenvalue weighted by Crippen LogP contribution is -2.37. The Labute approximate surface area is 223 Å². The van der Waals surface area contributed by atoms with Crippen molar-refractivity contribution in [3.63, 3.8) is 0 Å². The van der Waals surface area contributed by atoms with Crippen LogP contribution in [0.25, 0.3) is 0 Å². The lowest BCUT2D eigenvalue weighted by molar-refractivity contribution is -0.146. The van der Waals surface area contributed by atoms with Gasteiger partial charge in [-0.25, -0.2) is 4.79 Å². The normalized spacial score (nSPS) is 22.0. The molecule has 0 unspecified atom stereocenters. The van der Waals surface area contributed by atoms with Gasteiger partial charge in [0, 0.05) is 29.3 Å². The number of allylic oxidation sites excluding steroid dienone is 3. The highest BCUT2D eigenvalue weighted by Crippen LogP contribution is 2.47. The highest BCUT2D eigenvalue weighted by atomic mass is 16.5. The zero-order valence-electron chi connectivity index (χ0n) is 22.2. The van der Waals surface area contributed by atoms with Crippen LogP contribution in [0.3, 0.4) is 0 Å². The van der Waals surface area contributed by atoms with E-state index in [4.69, 9.17) is 14.2 Å². The van der Waals surface area contributed by atoms with E-state index in [0.717, 1.165) is 43.4 Å². The number of carbonyl (C=O) groups is 2. The number of ether oxygens (including phenoxy) is 3. The second kappa shape index (κ2) is 10.9. The van der Waals surface area contributed by atoms with Gasteiger partial charge in [-0.2, -0.15) is 0 Å². The topological polar surface area (TPSA) is 94.1 Å². The molecule has 200 valence electrons. The van der Waals surface area contributed by atoms with Crippen molar-refractivity contribution >= 4 is 11.8 Å². The van der Waals surface area contributed by atoms with Crippen molar-refractivity contribution in [1.29, 1.82) is 0 Å². The van der Waals surface area contributed by atoms with Gasteiger partial charge >= 0.3 is 5.97 Å². The molecule has 2 N–H and O–H groups in total. The zero-order chi connectivity index (χ0) is 26.8. The van der Waals surface area contributed by atoms with Gasteiger partial charge in [0.1, 0.15) is 11.9 Å². The average Bonchev–Trinajstić information content (AvgIpc) is 2.92. The van der Waals surface area contributed by atoms with Crippen LogP contribution >= 0.6 is 0 Å². The maximum atomic E-state index is 13.8. The Morgan fingerprint density at radius 1 is 0.947 bits per heavy atom. The minimum absolute atomic E-state index is 0.0256. The van der Waals surface area contributed by atoms with E-state index in [1.54, 1.807) is 32.4 Å². The van der Waals surface area contributed by atoms with Crippen molar-refractivity contribution in [3.05, 3.63) is 76.1 Å². The Balaban J connectivity index is 1.51. The summed E-state index contributed by atoms with van der Waals surface area (Å²) in [4.78, 5) is 27.4. The van der Waals surface area contributed by atoms with Gasteiger partial charge in [-0.15, -0.1) is 0 Å². The minimum atomic E-state index is -0.603. The molecular formula is C31H35NO6. The second-order valence-electron chi connectivity index (χ2n) is 10.4. The van der Waals surface area contributed by atoms with Crippen LogP contribution in [0.15, 0.2) is 65.0 Å². The van der Waals surface area contributed by atoms with Gasteiger partial charge in [-0.05, 0) is 80.3 Å². The van der Waals surface area contributed by atoms with Crippen molar-refractivity contribution < 1.29 is 28.9 Å². The summed E-state index contributed by atoms with van der Waals surface area (Å²) in [6.07, 6.45) is 5.79. The molecule has 5 rings (SSSR count). The Morgan fingerprint density at radius 2 is 1.71 bits per heavy atom. The maximum Gasteiger partial charge on any atom is 0.337 e. The quantitative estimate of drug-likeness (QED) is 0.479. The molecule has 1 heterocycles. The van der Waals surface area contributed by atoms with Gasteiger partial charge in [-0.3, -0.25) is 4.79 Å². The standard InChI is InChI=1S/C31H35NO6/c1-18-28(31(35)38-23-10-5-4-6-11-23)29(20-8-7-9-22(33)14-20)30-24(32-18)15-21(16-25(30)34)19-12-13-26(36-2)27(17-19)37-3/h7-9,12-14,17,21,23,29,32-33H,4-6,10-11,15-16H2,1-3H3/t21-,29+/m1/s1. The first-order valence-corrected chi connectivity index (χ1v) is 13.4. The average molecular weight is 518 g/mol. The predicted octanol–water partition coefficient (Wildman–Crippen LogP) is 5.65. The van der Waals surface area contributed by atoms with Crippen molar-refractivity contribution in [2.45, 2.75) is 69.8 Å². The molecule has 7 heteroatoms. The third-order valence-electron chi connectivity index (χ3n) is 7.96. The van der Waals surface area contributed by atoms with E-state index in [9.17, 15) is 14.7 Å². The molecule has 1 saturated carbocycles. The largest absolute Gasteiger partial charge is 0.508 e. The molecule has 1 fully saturated rings. The molecular weight excluding hydrogens is 482 g/mol. The van der Waals surface area contributed by atoms with E-state index >= 15 is 0 Å². The van der Waals surface area contributed by atoms with E-state index in [0.29, 0.717) is 46.7 Å². The fourth-order valence-electron chi connectivity index (χ4n) is 6.09. The highest BCUT2D eigenvalue weighted by Gasteiger charge is 2.42. The van der Waals surface area contributed by atoms with Gasteiger partial charge in [0.25, 0.3) is 0 Å². The van der Waals surface area contributed by atoms with Gasteiger partial charge in [0.05, 0.1) is 19.8 Å². The number of rotatable bonds is 6. The van der Waals surface area contributed by atoms with Crippen LogP contribution in [-0.2, 0) is 14.3 Å². The summed E-state index contributed by atoms with van der Waals surface area (Å²) in [5, 5.41) is 13.7. The first kappa shape index (κ1) is 25.9. The molecule has 2 aliphatic carbocycles. The van der Waals surface area contributed by atoms with E-state index in [2.05, 4.69) is 5.32 Å². The van der Waals surface area contributed by atoms with E-state index in [1.165, 1.54) is 0 Å². The summed E-state index contributed by atoms with van der Waals surface area (Å²) >= 11 is 0. The molecule has 0 saturated heterocycles. The van der Waals surface area contributed by atoms with Crippen molar-refractivity contribution in [1.82, 2.24) is 5.32 Å². The number of aromatic hydroxyl groups is 1. The molecule has 7 nitrogen and oxygen atoms in total. The van der Waals surface area contributed by atoms with Crippen LogP contribution in [0.4, 0.5) is 0 Å². The van der Waals surface area contributed by atoms with Crippen molar-refractivity contribution in [2.75, 3.05) is 14.2 Å². The lowest BCUT2D eigenvalue weighted by Gasteiger charge is -2.37. The molecule has 0 amide bonds. The van der Waals surface area contributed by atoms with Crippen molar-refractivity contribution in [2.24, 2.45) is 0 Å². The first-order valence-electron chi connectivity index (χ1n) is 13.4. The van der Waals surface area contributed by atoms with E-state index in [1.807, 2.05) is 31.2 Å². The third-order valence-corrected chi connectivity index (χ3v) is 7.96. The SMILES string of the molecule is COc1ccc([C@H]2CC(=O)C3=C(C2)NC(C)=C(C(=O)OC2CCCCC2)[C@@H]3c2cccc(O)c2)cc1OC. The maximum absolute atomic E-state index is 13.8. The summed E-state index contributed by atoms with van der Waals surface area (Å²) in [5.41, 5.74) is 4.19. The lowest BCUT2D eigenvalue weighted by atomic mass is 9.71. The number of hydrogen-bond acceptors (Lipinski definition) is 7. The second-order valence-corrected chi connectivity index (χ2v) is 10.4. The highest BCUT2D eigenvalue weighted by molar-refractivity contribution is 6.04. The number of dihydropyridines is 1. The minimum Gasteiger partial charge on any atom is -0.508 e. The number of hydrogen-bond donors (Lipinski definition) is 2. The number of benzene rings is 2. The molecule has 2 atom stereocenters. The van der Waals surface area contributed by atoms with Crippen LogP contribution < -0.4 is 14.8 Å². The number of ketones is 1. The van der Waals surface area contributed by atoms with E-state index < -0.39 is 11.9 Å². The molecule has 1 aliphatic heterocycles. The molecule has 0 radical (unpaired) electrons. The predicted molar refractivity (Wildman–Crippen MR) is 143 cm³/mol. The first-order chi connectivity index (χ1) is 18.4. The number of carbonyl (C=O) groups excluding carboxylic acids is 2. The molecule has 0 bridgehead atoms. The van der Waals surface area contributed by atoms with E-state index in [-0.39, 0.29) is 23.6 Å². The Bertz CT molecular complexity index is 1300. The monoisotopic (exact) mass is 517 g/mol. The summed E-state index contributed by atoms with van der Waals surface area (Å²) in [6.45, 7) is 1.86. The molecule has 38 heavy (non-hydrogen) atoms.